The molecule has 0 aliphatic carbocycles. The van der Waals surface area contributed by atoms with Gasteiger partial charge in [-0.1, -0.05) is 0 Å². The summed E-state index contributed by atoms with van der Waals surface area (Å²) < 4.78 is 0.995. The van der Waals surface area contributed by atoms with Gasteiger partial charge in [0.15, 0.2) is 0 Å². The first-order valence-corrected chi connectivity index (χ1v) is 7.61. The fourth-order valence-electron chi connectivity index (χ4n) is 1.22. The molecule has 0 aliphatic heterocycles. The Morgan fingerprint density at radius 1 is 1.28 bits per heavy atom. The van der Waals surface area contributed by atoms with Crippen LogP contribution in [-0.4, -0.2) is 11.8 Å². The molecule has 4 nitrogen and oxygen atoms in total. The summed E-state index contributed by atoms with van der Waals surface area (Å²) in [6, 6.07) is 3.65. The first kappa shape index (κ1) is 13.3. The third-order valence-corrected chi connectivity index (χ3v) is 4.30. The average molecular weight is 345 g/mol. The van der Waals surface area contributed by atoms with E-state index in [-0.39, 0.29) is 0 Å². The molecule has 7 heteroatoms. The molecular formula is C11H9BrN2O2S2. The zero-order valence-corrected chi connectivity index (χ0v) is 12.3. The summed E-state index contributed by atoms with van der Waals surface area (Å²) >= 11 is 6.33. The minimum atomic E-state index is -0.650. The molecule has 2 heterocycles. The number of hydrogen-bond acceptors (Lipinski definition) is 4. The maximum Gasteiger partial charge on any atom is 0.313 e. The summed E-state index contributed by atoms with van der Waals surface area (Å²) in [4.78, 5) is 23.0. The third-order valence-electron chi connectivity index (χ3n) is 2.06. The van der Waals surface area contributed by atoms with Gasteiger partial charge in [0.2, 0.25) is 0 Å². The molecule has 0 saturated heterocycles. The number of halogens is 1. The first-order valence-electron chi connectivity index (χ1n) is 4.99. The van der Waals surface area contributed by atoms with Crippen molar-refractivity contribution in [1.82, 2.24) is 5.32 Å². The van der Waals surface area contributed by atoms with Gasteiger partial charge in [0.25, 0.3) is 0 Å². The fourth-order valence-corrected chi connectivity index (χ4v) is 3.02. The topological polar surface area (TPSA) is 58.2 Å². The van der Waals surface area contributed by atoms with E-state index in [0.717, 1.165) is 9.35 Å². The molecule has 0 bridgehead atoms. The van der Waals surface area contributed by atoms with Crippen LogP contribution in [0.3, 0.4) is 0 Å². The zero-order chi connectivity index (χ0) is 13.0. The highest BCUT2D eigenvalue weighted by Gasteiger charge is 2.13. The smallest absolute Gasteiger partial charge is 0.313 e. The number of thiophene rings is 2. The van der Waals surface area contributed by atoms with E-state index in [9.17, 15) is 9.59 Å². The Labute approximate surface area is 120 Å². The summed E-state index contributed by atoms with van der Waals surface area (Å²) in [6.07, 6.45) is 0. The number of amides is 2. The van der Waals surface area contributed by atoms with Crippen LogP contribution < -0.4 is 10.6 Å². The van der Waals surface area contributed by atoms with Gasteiger partial charge in [-0.25, -0.2) is 0 Å². The lowest BCUT2D eigenvalue weighted by molar-refractivity contribution is -0.136. The predicted octanol–water partition coefficient (Wildman–Crippen LogP) is 2.83. The second-order valence-electron chi connectivity index (χ2n) is 3.41. The third kappa shape index (κ3) is 3.66. The van der Waals surface area contributed by atoms with Crippen LogP contribution in [0, 0.1) is 0 Å². The molecule has 94 valence electrons. The number of nitrogens with one attached hydrogen (secondary N) is 2. The predicted molar refractivity (Wildman–Crippen MR) is 76.8 cm³/mol. The summed E-state index contributed by atoms with van der Waals surface area (Å²) in [5.41, 5.74) is 1.60. The van der Waals surface area contributed by atoms with Gasteiger partial charge >= 0.3 is 11.8 Å². The van der Waals surface area contributed by atoms with Gasteiger partial charge in [-0.15, -0.1) is 11.3 Å². The maximum atomic E-state index is 11.5. The Morgan fingerprint density at radius 2 is 2.11 bits per heavy atom. The van der Waals surface area contributed by atoms with Crippen molar-refractivity contribution < 1.29 is 9.59 Å². The Bertz CT molecular complexity index is 551. The van der Waals surface area contributed by atoms with Gasteiger partial charge in [-0.3, -0.25) is 9.59 Å². The molecule has 0 aromatic carbocycles. The van der Waals surface area contributed by atoms with Gasteiger partial charge in [0, 0.05) is 11.9 Å². The number of anilines is 1. The summed E-state index contributed by atoms with van der Waals surface area (Å²) in [6.45, 7) is 0.345. The van der Waals surface area contributed by atoms with E-state index in [2.05, 4.69) is 26.6 Å². The zero-order valence-electron chi connectivity index (χ0n) is 9.10. The van der Waals surface area contributed by atoms with E-state index < -0.39 is 11.8 Å². The number of carbonyl (C=O) groups is 2. The van der Waals surface area contributed by atoms with E-state index >= 15 is 0 Å². The molecule has 0 saturated carbocycles. The Kier molecular flexibility index (Phi) is 4.51. The normalized spacial score (nSPS) is 10.1. The minimum Gasteiger partial charge on any atom is -0.344 e. The highest BCUT2D eigenvalue weighted by atomic mass is 79.9. The minimum absolute atomic E-state index is 0.345. The van der Waals surface area contributed by atoms with Crippen molar-refractivity contribution >= 4 is 56.1 Å². The second-order valence-corrected chi connectivity index (χ2v) is 6.48. The van der Waals surface area contributed by atoms with E-state index in [4.69, 9.17) is 0 Å². The number of rotatable bonds is 3. The van der Waals surface area contributed by atoms with Crippen LogP contribution in [0.1, 0.15) is 5.56 Å². The molecule has 2 amide bonds. The van der Waals surface area contributed by atoms with Crippen molar-refractivity contribution in [3.63, 3.8) is 0 Å². The molecule has 0 radical (unpaired) electrons. The standard InChI is InChI=1S/C11H9BrN2O2S2/c12-9-3-7(5-18-9)4-13-10(15)11(16)14-8-1-2-17-6-8/h1-3,5-6H,4H2,(H,13,15)(H,14,16). The summed E-state index contributed by atoms with van der Waals surface area (Å²) in [5.74, 6) is -1.29. The first-order chi connectivity index (χ1) is 8.65. The molecule has 0 fully saturated rings. The molecule has 0 unspecified atom stereocenters. The average Bonchev–Trinajstić information content (AvgIpc) is 2.97. The van der Waals surface area contributed by atoms with Gasteiger partial charge in [-0.05, 0) is 44.4 Å². The van der Waals surface area contributed by atoms with Crippen molar-refractivity contribution in [2.75, 3.05) is 5.32 Å². The van der Waals surface area contributed by atoms with E-state index in [0.29, 0.717) is 12.2 Å². The van der Waals surface area contributed by atoms with Crippen molar-refractivity contribution in [3.05, 3.63) is 37.6 Å². The van der Waals surface area contributed by atoms with E-state index in [1.165, 1.54) is 22.7 Å². The molecule has 2 rings (SSSR count). The molecule has 2 aromatic rings. The highest BCUT2D eigenvalue weighted by Crippen LogP contribution is 2.20. The molecule has 0 aliphatic rings. The lowest BCUT2D eigenvalue weighted by atomic mass is 10.3. The quantitative estimate of drug-likeness (QED) is 0.841. The molecule has 18 heavy (non-hydrogen) atoms. The Balaban J connectivity index is 1.82. The van der Waals surface area contributed by atoms with Crippen molar-refractivity contribution in [2.24, 2.45) is 0 Å². The maximum absolute atomic E-state index is 11.5. The molecule has 0 spiro atoms. The summed E-state index contributed by atoms with van der Waals surface area (Å²) in [7, 11) is 0. The van der Waals surface area contributed by atoms with E-state index in [1.54, 1.807) is 11.4 Å². The van der Waals surface area contributed by atoms with Crippen molar-refractivity contribution in [1.29, 1.82) is 0 Å². The molecule has 2 aromatic heterocycles. The van der Waals surface area contributed by atoms with Crippen LogP contribution in [0.15, 0.2) is 32.1 Å². The van der Waals surface area contributed by atoms with Crippen molar-refractivity contribution in [3.8, 4) is 0 Å². The molecule has 2 N–H and O–H groups in total. The fraction of sp³-hybridized carbons (Fsp3) is 0.0909. The Hall–Kier alpha value is -1.18. The van der Waals surface area contributed by atoms with E-state index in [1.807, 2.05) is 16.8 Å². The monoisotopic (exact) mass is 344 g/mol. The second kappa shape index (κ2) is 6.12. The SMILES string of the molecule is O=C(NCc1csc(Br)c1)C(=O)Nc1ccsc1. The largest absolute Gasteiger partial charge is 0.344 e. The Morgan fingerprint density at radius 3 is 2.72 bits per heavy atom. The summed E-state index contributed by atoms with van der Waals surface area (Å²) in [5, 5.41) is 10.6. The van der Waals surface area contributed by atoms with Crippen LogP contribution in [0.2, 0.25) is 0 Å². The molecule has 0 atom stereocenters. The van der Waals surface area contributed by atoms with Crippen LogP contribution in [0.5, 0.6) is 0 Å². The number of carbonyl (C=O) groups excluding carboxylic acids is 2. The van der Waals surface area contributed by atoms with Gasteiger partial charge in [0.05, 0.1) is 9.47 Å². The van der Waals surface area contributed by atoms with Crippen LogP contribution in [0.4, 0.5) is 5.69 Å². The van der Waals surface area contributed by atoms with Gasteiger partial charge in [-0.2, -0.15) is 11.3 Å². The van der Waals surface area contributed by atoms with Crippen LogP contribution in [0.25, 0.3) is 0 Å². The van der Waals surface area contributed by atoms with Gasteiger partial charge < -0.3 is 10.6 Å². The highest BCUT2D eigenvalue weighted by molar-refractivity contribution is 9.11. The lowest BCUT2D eigenvalue weighted by Crippen LogP contribution is -2.34. The lowest BCUT2D eigenvalue weighted by Gasteiger charge is -2.03. The van der Waals surface area contributed by atoms with Crippen LogP contribution >= 0.6 is 38.6 Å². The van der Waals surface area contributed by atoms with Crippen LogP contribution in [-0.2, 0) is 16.1 Å². The van der Waals surface area contributed by atoms with Gasteiger partial charge in [0.1, 0.15) is 0 Å². The van der Waals surface area contributed by atoms with Crippen molar-refractivity contribution in [2.45, 2.75) is 6.54 Å². The molecular weight excluding hydrogens is 336 g/mol. The number of hydrogen-bond donors (Lipinski definition) is 2.